The molecule has 0 fully saturated rings. The molecule has 29 heavy (non-hydrogen) atoms. The number of nitro benzene ring substituents is 1. The predicted molar refractivity (Wildman–Crippen MR) is 111 cm³/mol. The second-order valence-corrected chi connectivity index (χ2v) is 7.58. The van der Waals surface area contributed by atoms with Gasteiger partial charge in [-0.25, -0.2) is 0 Å². The van der Waals surface area contributed by atoms with E-state index in [1.807, 2.05) is 13.8 Å². The summed E-state index contributed by atoms with van der Waals surface area (Å²) >= 11 is 5.89. The largest absolute Gasteiger partial charge is 0.455 e. The molecule has 1 amide bonds. The SMILES string of the molecule is Cc1cc(NC(=O)COC(=O)[C@@H](c2ccc(Cl)cc2)C(C)C)c([N+](=O)[O-])cc1C. The van der Waals surface area contributed by atoms with Crippen LogP contribution in [0.25, 0.3) is 0 Å². The van der Waals surface area contributed by atoms with E-state index < -0.39 is 29.3 Å². The van der Waals surface area contributed by atoms with Gasteiger partial charge in [0.1, 0.15) is 5.69 Å². The topological polar surface area (TPSA) is 98.5 Å². The van der Waals surface area contributed by atoms with Gasteiger partial charge in [-0.05, 0) is 54.7 Å². The Morgan fingerprint density at radius 2 is 1.72 bits per heavy atom. The molecular weight excluding hydrogens is 396 g/mol. The molecule has 0 aliphatic carbocycles. The van der Waals surface area contributed by atoms with Gasteiger partial charge in [0.15, 0.2) is 6.61 Å². The Balaban J connectivity index is 2.08. The number of nitro groups is 1. The second-order valence-electron chi connectivity index (χ2n) is 7.14. The van der Waals surface area contributed by atoms with Crippen molar-refractivity contribution in [1.29, 1.82) is 0 Å². The van der Waals surface area contributed by atoms with Gasteiger partial charge in [0, 0.05) is 11.1 Å². The maximum absolute atomic E-state index is 12.6. The summed E-state index contributed by atoms with van der Waals surface area (Å²) in [5.41, 5.74) is 2.13. The summed E-state index contributed by atoms with van der Waals surface area (Å²) in [6.07, 6.45) is 0. The van der Waals surface area contributed by atoms with Crippen molar-refractivity contribution in [2.24, 2.45) is 5.92 Å². The fraction of sp³-hybridized carbons (Fsp3) is 0.333. The molecule has 0 bridgehead atoms. The van der Waals surface area contributed by atoms with Crippen LogP contribution in [-0.2, 0) is 14.3 Å². The summed E-state index contributed by atoms with van der Waals surface area (Å²) in [6.45, 7) is 6.74. The molecule has 154 valence electrons. The molecular formula is C21H23ClN2O5. The number of hydrogen-bond acceptors (Lipinski definition) is 5. The van der Waals surface area contributed by atoms with Crippen molar-refractivity contribution in [2.45, 2.75) is 33.6 Å². The van der Waals surface area contributed by atoms with E-state index in [1.54, 1.807) is 38.1 Å². The lowest BCUT2D eigenvalue weighted by Crippen LogP contribution is -2.26. The third-order valence-corrected chi connectivity index (χ3v) is 4.83. The van der Waals surface area contributed by atoms with Gasteiger partial charge in [-0.1, -0.05) is 37.6 Å². The van der Waals surface area contributed by atoms with Gasteiger partial charge in [-0.3, -0.25) is 19.7 Å². The maximum atomic E-state index is 12.6. The number of amides is 1. The van der Waals surface area contributed by atoms with Crippen molar-refractivity contribution < 1.29 is 19.2 Å². The molecule has 2 aromatic carbocycles. The quantitative estimate of drug-likeness (QED) is 0.396. The fourth-order valence-electron chi connectivity index (χ4n) is 2.93. The zero-order valence-corrected chi connectivity index (χ0v) is 17.4. The lowest BCUT2D eigenvalue weighted by molar-refractivity contribution is -0.384. The first-order valence-electron chi connectivity index (χ1n) is 9.07. The van der Waals surface area contributed by atoms with Crippen LogP contribution < -0.4 is 5.32 Å². The summed E-state index contributed by atoms with van der Waals surface area (Å²) in [5, 5.41) is 14.2. The molecule has 0 heterocycles. The molecule has 0 aromatic heterocycles. The molecule has 8 heteroatoms. The maximum Gasteiger partial charge on any atom is 0.314 e. The minimum Gasteiger partial charge on any atom is -0.455 e. The third-order valence-electron chi connectivity index (χ3n) is 4.58. The number of benzene rings is 2. The van der Waals surface area contributed by atoms with Crippen LogP contribution >= 0.6 is 11.6 Å². The summed E-state index contributed by atoms with van der Waals surface area (Å²) < 4.78 is 5.18. The Kier molecular flexibility index (Phi) is 7.34. The summed E-state index contributed by atoms with van der Waals surface area (Å²) in [5.74, 6) is -1.82. The van der Waals surface area contributed by atoms with Crippen LogP contribution in [0.3, 0.4) is 0 Å². The van der Waals surface area contributed by atoms with Gasteiger partial charge in [-0.2, -0.15) is 0 Å². The number of nitrogens with one attached hydrogen (secondary N) is 1. The Bertz CT molecular complexity index is 925. The van der Waals surface area contributed by atoms with E-state index >= 15 is 0 Å². The first kappa shape index (κ1) is 22.4. The normalized spacial score (nSPS) is 11.8. The number of carbonyl (C=O) groups is 2. The smallest absolute Gasteiger partial charge is 0.314 e. The van der Waals surface area contributed by atoms with E-state index in [1.165, 1.54) is 12.1 Å². The van der Waals surface area contributed by atoms with Crippen molar-refractivity contribution in [3.63, 3.8) is 0 Å². The number of rotatable bonds is 7. The highest BCUT2D eigenvalue weighted by molar-refractivity contribution is 6.30. The van der Waals surface area contributed by atoms with Crippen LogP contribution in [-0.4, -0.2) is 23.4 Å². The van der Waals surface area contributed by atoms with Gasteiger partial charge < -0.3 is 10.1 Å². The Morgan fingerprint density at radius 1 is 1.14 bits per heavy atom. The van der Waals surface area contributed by atoms with Crippen molar-refractivity contribution in [1.82, 2.24) is 0 Å². The Morgan fingerprint density at radius 3 is 2.28 bits per heavy atom. The number of esters is 1. The lowest BCUT2D eigenvalue weighted by Gasteiger charge is -2.20. The fourth-order valence-corrected chi connectivity index (χ4v) is 3.05. The summed E-state index contributed by atoms with van der Waals surface area (Å²) in [7, 11) is 0. The monoisotopic (exact) mass is 418 g/mol. The number of aryl methyl sites for hydroxylation is 2. The van der Waals surface area contributed by atoms with E-state index in [4.69, 9.17) is 16.3 Å². The standard InChI is InChI=1S/C21H23ClN2O5/c1-12(2)20(15-5-7-16(22)8-6-15)21(26)29-11-19(25)23-17-9-13(3)14(4)10-18(17)24(27)28/h5-10,12,20H,11H2,1-4H3,(H,23,25)/t20-/m1/s1. The van der Waals surface area contributed by atoms with E-state index in [2.05, 4.69) is 5.32 Å². The van der Waals surface area contributed by atoms with Gasteiger partial charge in [0.25, 0.3) is 11.6 Å². The van der Waals surface area contributed by atoms with Gasteiger partial charge in [0.05, 0.1) is 10.8 Å². The van der Waals surface area contributed by atoms with E-state index in [-0.39, 0.29) is 17.3 Å². The highest BCUT2D eigenvalue weighted by atomic mass is 35.5. The number of halogens is 1. The average Bonchev–Trinajstić information content (AvgIpc) is 2.64. The Hall–Kier alpha value is -2.93. The van der Waals surface area contributed by atoms with Crippen molar-refractivity contribution in [3.8, 4) is 0 Å². The Labute approximate surface area is 174 Å². The van der Waals surface area contributed by atoms with Crippen LogP contribution in [0.15, 0.2) is 36.4 Å². The van der Waals surface area contributed by atoms with Crippen molar-refractivity contribution in [3.05, 3.63) is 68.2 Å². The molecule has 2 aromatic rings. The number of ether oxygens (including phenoxy) is 1. The molecule has 0 aliphatic rings. The predicted octanol–water partition coefficient (Wildman–Crippen LogP) is 4.79. The molecule has 0 saturated heterocycles. The van der Waals surface area contributed by atoms with Crippen LogP contribution in [0.1, 0.15) is 36.5 Å². The molecule has 1 N–H and O–H groups in total. The van der Waals surface area contributed by atoms with Gasteiger partial charge in [-0.15, -0.1) is 0 Å². The first-order valence-corrected chi connectivity index (χ1v) is 9.45. The molecule has 0 spiro atoms. The lowest BCUT2D eigenvalue weighted by atomic mass is 9.88. The van der Waals surface area contributed by atoms with Gasteiger partial charge in [0.2, 0.25) is 0 Å². The summed E-state index contributed by atoms with van der Waals surface area (Å²) in [6, 6.07) is 9.78. The minimum atomic E-state index is -0.650. The number of hydrogen-bond donors (Lipinski definition) is 1. The number of carbonyl (C=O) groups excluding carboxylic acids is 2. The zero-order valence-electron chi connectivity index (χ0n) is 16.7. The third kappa shape index (κ3) is 5.77. The highest BCUT2D eigenvalue weighted by Gasteiger charge is 2.27. The van der Waals surface area contributed by atoms with E-state index in [0.717, 1.165) is 16.7 Å². The number of anilines is 1. The molecule has 2 rings (SSSR count). The molecule has 0 aliphatic heterocycles. The minimum absolute atomic E-state index is 0.0624. The van der Waals surface area contributed by atoms with Gasteiger partial charge >= 0.3 is 5.97 Å². The van der Waals surface area contributed by atoms with Crippen molar-refractivity contribution >= 4 is 34.9 Å². The first-order chi connectivity index (χ1) is 13.6. The van der Waals surface area contributed by atoms with Crippen molar-refractivity contribution in [2.75, 3.05) is 11.9 Å². The molecule has 0 saturated carbocycles. The van der Waals surface area contributed by atoms with Crippen LogP contribution in [0.4, 0.5) is 11.4 Å². The highest BCUT2D eigenvalue weighted by Crippen LogP contribution is 2.29. The van der Waals surface area contributed by atoms with Crippen LogP contribution in [0.2, 0.25) is 5.02 Å². The van der Waals surface area contributed by atoms with Crippen LogP contribution in [0, 0.1) is 29.9 Å². The second kappa shape index (κ2) is 9.52. The average molecular weight is 419 g/mol. The zero-order chi connectivity index (χ0) is 21.7. The molecule has 1 atom stereocenters. The molecule has 0 radical (unpaired) electrons. The molecule has 0 unspecified atom stereocenters. The van der Waals surface area contributed by atoms with E-state index in [0.29, 0.717) is 5.02 Å². The van der Waals surface area contributed by atoms with Crippen LogP contribution in [0.5, 0.6) is 0 Å². The van der Waals surface area contributed by atoms with E-state index in [9.17, 15) is 19.7 Å². The number of nitrogens with zero attached hydrogens (tertiary/aromatic N) is 1. The molecule has 7 nitrogen and oxygen atoms in total. The summed E-state index contributed by atoms with van der Waals surface area (Å²) in [4.78, 5) is 35.5.